The van der Waals surface area contributed by atoms with E-state index in [0.29, 0.717) is 49.5 Å². The summed E-state index contributed by atoms with van der Waals surface area (Å²) >= 11 is 11.7. The highest BCUT2D eigenvalue weighted by Gasteiger charge is 2.10. The van der Waals surface area contributed by atoms with Crippen LogP contribution in [-0.2, 0) is 0 Å². The molecule has 9 heteroatoms. The van der Waals surface area contributed by atoms with Gasteiger partial charge in [-0.3, -0.25) is 9.78 Å². The maximum atomic E-state index is 13.0. The highest BCUT2D eigenvalue weighted by atomic mass is 35.5. The number of hydrogen-bond acceptors (Lipinski definition) is 4. The van der Waals surface area contributed by atoms with Crippen molar-refractivity contribution in [2.75, 3.05) is 10.6 Å². The summed E-state index contributed by atoms with van der Waals surface area (Å²) in [5.41, 5.74) is 7.60. The minimum absolute atomic E-state index is 0.297. The Kier molecular flexibility index (Phi) is 6.16. The highest BCUT2D eigenvalue weighted by Crippen LogP contribution is 2.33. The van der Waals surface area contributed by atoms with Crippen molar-refractivity contribution in [3.05, 3.63) is 89.3 Å². The highest BCUT2D eigenvalue weighted by molar-refractivity contribution is 7.80. The molecule has 160 valence electrons. The molecule has 0 aliphatic carbocycles. The quantitative estimate of drug-likeness (QED) is 0.325. The molecule has 0 atom stereocenters. The SMILES string of the molecule is NC(=O)c1ccc2nccc(Oc3ccc(NC(=S)Nc4ccc(F)cc4)c(Cl)c3)c2c1. The van der Waals surface area contributed by atoms with Crippen LogP contribution in [0.2, 0.25) is 5.02 Å². The van der Waals surface area contributed by atoms with Crippen LogP contribution in [0.5, 0.6) is 11.5 Å². The van der Waals surface area contributed by atoms with Gasteiger partial charge >= 0.3 is 0 Å². The largest absolute Gasteiger partial charge is 0.457 e. The number of ether oxygens (including phenoxy) is 1. The van der Waals surface area contributed by atoms with Crippen molar-refractivity contribution in [2.24, 2.45) is 5.73 Å². The molecule has 6 nitrogen and oxygen atoms in total. The first-order chi connectivity index (χ1) is 15.4. The summed E-state index contributed by atoms with van der Waals surface area (Å²) in [6.45, 7) is 0. The van der Waals surface area contributed by atoms with Crippen molar-refractivity contribution in [1.29, 1.82) is 0 Å². The number of rotatable bonds is 5. The van der Waals surface area contributed by atoms with Gasteiger partial charge in [-0.15, -0.1) is 0 Å². The fraction of sp³-hybridized carbons (Fsp3) is 0. The average molecular weight is 467 g/mol. The summed E-state index contributed by atoms with van der Waals surface area (Å²) in [5, 5.41) is 7.26. The molecule has 0 aliphatic heterocycles. The number of nitrogens with zero attached hydrogens (tertiary/aromatic N) is 1. The van der Waals surface area contributed by atoms with Gasteiger partial charge in [-0.05, 0) is 72.9 Å². The van der Waals surface area contributed by atoms with Crippen LogP contribution in [0.15, 0.2) is 72.9 Å². The topological polar surface area (TPSA) is 89.3 Å². The lowest BCUT2D eigenvalue weighted by atomic mass is 10.1. The molecule has 4 N–H and O–H groups in total. The fourth-order valence-electron chi connectivity index (χ4n) is 2.97. The number of aromatic nitrogens is 1. The Balaban J connectivity index is 1.51. The molecule has 0 saturated carbocycles. The van der Waals surface area contributed by atoms with E-state index < -0.39 is 5.91 Å². The minimum Gasteiger partial charge on any atom is -0.457 e. The number of thiocarbonyl (C=S) groups is 1. The Labute approximate surface area is 193 Å². The monoisotopic (exact) mass is 466 g/mol. The smallest absolute Gasteiger partial charge is 0.248 e. The van der Waals surface area contributed by atoms with Gasteiger partial charge in [0.1, 0.15) is 17.3 Å². The van der Waals surface area contributed by atoms with Crippen molar-refractivity contribution >= 4 is 57.1 Å². The second-order valence-corrected chi connectivity index (χ2v) is 7.55. The molecule has 0 spiro atoms. The summed E-state index contributed by atoms with van der Waals surface area (Å²) in [6, 6.07) is 17.5. The molecule has 0 bridgehead atoms. The van der Waals surface area contributed by atoms with Crippen LogP contribution in [0.1, 0.15) is 10.4 Å². The van der Waals surface area contributed by atoms with Gasteiger partial charge in [-0.1, -0.05) is 11.6 Å². The van der Waals surface area contributed by atoms with Crippen molar-refractivity contribution in [3.63, 3.8) is 0 Å². The van der Waals surface area contributed by atoms with Crippen LogP contribution in [0.25, 0.3) is 10.9 Å². The molecule has 4 rings (SSSR count). The van der Waals surface area contributed by atoms with E-state index in [4.69, 9.17) is 34.3 Å². The molecular weight excluding hydrogens is 451 g/mol. The summed E-state index contributed by atoms with van der Waals surface area (Å²) in [5.74, 6) is 0.115. The third-order valence-electron chi connectivity index (χ3n) is 4.50. The van der Waals surface area contributed by atoms with Gasteiger partial charge in [-0.25, -0.2) is 4.39 Å². The number of nitrogens with two attached hydrogens (primary N) is 1. The zero-order valence-corrected chi connectivity index (χ0v) is 18.0. The number of pyridine rings is 1. The second-order valence-electron chi connectivity index (χ2n) is 6.73. The Morgan fingerprint density at radius 2 is 1.81 bits per heavy atom. The summed E-state index contributed by atoms with van der Waals surface area (Å²) < 4.78 is 19.0. The molecule has 1 heterocycles. The van der Waals surface area contributed by atoms with Gasteiger partial charge in [0.15, 0.2) is 5.11 Å². The van der Waals surface area contributed by atoms with E-state index in [2.05, 4.69) is 15.6 Å². The number of fused-ring (bicyclic) bond motifs is 1. The van der Waals surface area contributed by atoms with Crippen LogP contribution < -0.4 is 21.1 Å². The number of carbonyl (C=O) groups is 1. The van der Waals surface area contributed by atoms with Crippen LogP contribution >= 0.6 is 23.8 Å². The molecular formula is C23H16ClFN4O2S. The van der Waals surface area contributed by atoms with E-state index in [-0.39, 0.29) is 5.82 Å². The first-order valence-corrected chi connectivity index (χ1v) is 10.2. The predicted molar refractivity (Wildman–Crippen MR) is 128 cm³/mol. The molecule has 0 fully saturated rings. The zero-order valence-electron chi connectivity index (χ0n) is 16.4. The number of nitrogens with one attached hydrogen (secondary N) is 2. The Morgan fingerprint density at radius 3 is 2.53 bits per heavy atom. The van der Waals surface area contributed by atoms with Gasteiger partial charge < -0.3 is 21.1 Å². The average Bonchev–Trinajstić information content (AvgIpc) is 2.77. The summed E-state index contributed by atoms with van der Waals surface area (Å²) in [6.07, 6.45) is 1.61. The van der Waals surface area contributed by atoms with Gasteiger partial charge in [0.2, 0.25) is 5.91 Å². The Bertz CT molecular complexity index is 1330. The first kappa shape index (κ1) is 21.5. The Morgan fingerprint density at radius 1 is 1.03 bits per heavy atom. The number of amides is 1. The molecule has 32 heavy (non-hydrogen) atoms. The lowest BCUT2D eigenvalue weighted by molar-refractivity contribution is 0.100. The molecule has 1 aromatic heterocycles. The first-order valence-electron chi connectivity index (χ1n) is 9.38. The van der Waals surface area contributed by atoms with Crippen LogP contribution in [-0.4, -0.2) is 16.0 Å². The molecule has 1 amide bonds. The molecule has 0 unspecified atom stereocenters. The van der Waals surface area contributed by atoms with Gasteiger partial charge in [-0.2, -0.15) is 0 Å². The van der Waals surface area contributed by atoms with Gasteiger partial charge in [0, 0.05) is 28.9 Å². The minimum atomic E-state index is -0.537. The fourth-order valence-corrected chi connectivity index (χ4v) is 3.41. The predicted octanol–water partition coefficient (Wildman–Crippen LogP) is 5.73. The van der Waals surface area contributed by atoms with Crippen molar-refractivity contribution < 1.29 is 13.9 Å². The maximum Gasteiger partial charge on any atom is 0.248 e. The third-order valence-corrected chi connectivity index (χ3v) is 5.02. The number of halogens is 2. The zero-order chi connectivity index (χ0) is 22.7. The summed E-state index contributed by atoms with van der Waals surface area (Å²) in [7, 11) is 0. The molecule has 3 aromatic carbocycles. The number of primary amides is 1. The lowest BCUT2D eigenvalue weighted by Gasteiger charge is -2.14. The van der Waals surface area contributed by atoms with E-state index in [9.17, 15) is 9.18 Å². The van der Waals surface area contributed by atoms with Crippen molar-refractivity contribution in [3.8, 4) is 11.5 Å². The van der Waals surface area contributed by atoms with E-state index in [1.165, 1.54) is 12.1 Å². The standard InChI is InChI=1S/C23H16ClFN4O2S/c24-18-12-16(6-8-20(18)29-23(32)28-15-4-2-14(25)3-5-15)31-21-9-10-27-19-7-1-13(22(26)30)11-17(19)21/h1-12H,(H2,26,30)(H2,28,29,32). The van der Waals surface area contributed by atoms with E-state index in [0.717, 1.165) is 0 Å². The normalized spacial score (nSPS) is 10.6. The molecule has 4 aromatic rings. The molecule has 0 saturated heterocycles. The van der Waals surface area contributed by atoms with Crippen LogP contribution in [0.3, 0.4) is 0 Å². The van der Waals surface area contributed by atoms with Gasteiger partial charge in [0.05, 0.1) is 16.2 Å². The molecule has 0 radical (unpaired) electrons. The van der Waals surface area contributed by atoms with Crippen LogP contribution in [0, 0.1) is 5.82 Å². The van der Waals surface area contributed by atoms with Crippen molar-refractivity contribution in [2.45, 2.75) is 0 Å². The van der Waals surface area contributed by atoms with E-state index in [1.807, 2.05) is 0 Å². The van der Waals surface area contributed by atoms with Gasteiger partial charge in [0.25, 0.3) is 0 Å². The van der Waals surface area contributed by atoms with Crippen molar-refractivity contribution in [1.82, 2.24) is 4.98 Å². The Hall–Kier alpha value is -3.75. The number of hydrogen-bond donors (Lipinski definition) is 3. The number of anilines is 2. The van der Waals surface area contributed by atoms with E-state index in [1.54, 1.807) is 60.8 Å². The number of carbonyl (C=O) groups excluding carboxylic acids is 1. The number of benzene rings is 3. The van der Waals surface area contributed by atoms with Crippen LogP contribution in [0.4, 0.5) is 15.8 Å². The summed E-state index contributed by atoms with van der Waals surface area (Å²) in [4.78, 5) is 15.8. The van der Waals surface area contributed by atoms with E-state index >= 15 is 0 Å². The second kappa shape index (κ2) is 9.17. The molecule has 0 aliphatic rings. The maximum absolute atomic E-state index is 13.0. The third kappa shape index (κ3) is 4.93. The lowest BCUT2D eigenvalue weighted by Crippen LogP contribution is -2.19.